The van der Waals surface area contributed by atoms with Gasteiger partial charge in [-0.25, -0.2) is 4.39 Å². The first-order valence-electron chi connectivity index (χ1n) is 6.00. The molecule has 4 N–H and O–H groups in total. The zero-order chi connectivity index (χ0) is 20.4. The van der Waals surface area contributed by atoms with Crippen LogP contribution in [0.1, 0.15) is 5.56 Å². The number of rotatable bonds is 4. The summed E-state index contributed by atoms with van der Waals surface area (Å²) < 4.78 is 101. The van der Waals surface area contributed by atoms with Crippen LogP contribution >= 0.6 is 11.6 Å². The number of alkyl halides is 6. The van der Waals surface area contributed by atoms with Crippen LogP contribution in [-0.2, 0) is 17.4 Å². The number of hydrogen-bond acceptors (Lipinski definition) is 5. The molecule has 0 aliphatic carbocycles. The Balaban J connectivity index is 3.45. The molecule has 1 rings (SSSR count). The number of nitrogens with one attached hydrogen (secondary N) is 2. The molecule has 0 radical (unpaired) electrons. The third-order valence-corrected chi connectivity index (χ3v) is 4.12. The maximum absolute atomic E-state index is 13.8. The minimum absolute atomic E-state index is 0.00248. The van der Waals surface area contributed by atoms with Gasteiger partial charge in [-0.05, 0) is 12.1 Å². The van der Waals surface area contributed by atoms with Crippen molar-refractivity contribution < 1.29 is 35.3 Å². The molecule has 0 fully saturated rings. The van der Waals surface area contributed by atoms with Crippen LogP contribution in [0.15, 0.2) is 22.9 Å². The number of nitriles is 1. The van der Waals surface area contributed by atoms with Gasteiger partial charge in [0, 0.05) is 0 Å². The maximum atomic E-state index is 13.8. The zero-order valence-electron chi connectivity index (χ0n) is 12.0. The van der Waals surface area contributed by atoms with Crippen molar-refractivity contribution in [1.82, 2.24) is 0 Å². The predicted octanol–water partition coefficient (Wildman–Crippen LogP) is 3.85. The van der Waals surface area contributed by atoms with E-state index in [-0.39, 0.29) is 12.1 Å². The molecule has 14 heteroatoms. The number of halogens is 8. The fraction of sp³-hybridized carbons (Fsp3) is 0.167. The highest BCUT2D eigenvalue weighted by molar-refractivity contribution is 7.97. The summed E-state index contributed by atoms with van der Waals surface area (Å²) in [4.78, 5) is -1.53. The van der Waals surface area contributed by atoms with Crippen LogP contribution in [0.25, 0.3) is 0 Å². The van der Waals surface area contributed by atoms with Crippen LogP contribution in [-0.4, -0.2) is 15.8 Å². The van der Waals surface area contributed by atoms with Gasteiger partial charge in [0.1, 0.15) is 23.1 Å². The van der Waals surface area contributed by atoms with Gasteiger partial charge in [-0.2, -0.15) is 18.4 Å². The molecule has 0 bridgehead atoms. The Morgan fingerprint density at radius 2 is 1.81 bits per heavy atom. The van der Waals surface area contributed by atoms with E-state index in [0.29, 0.717) is 0 Å². The molecule has 142 valence electrons. The maximum Gasteiger partial charge on any atom is 0.578 e. The monoisotopic (exact) mass is 422 g/mol. The second-order valence-corrected chi connectivity index (χ2v) is 6.20. The van der Waals surface area contributed by atoms with E-state index in [0.717, 1.165) is 6.07 Å². The van der Waals surface area contributed by atoms with Crippen molar-refractivity contribution in [3.63, 3.8) is 0 Å². The lowest BCUT2D eigenvalue weighted by Crippen LogP contribution is -2.32. The Morgan fingerprint density at radius 1 is 1.27 bits per heavy atom. The van der Waals surface area contributed by atoms with Crippen molar-refractivity contribution >= 4 is 34.2 Å². The molecule has 0 amide bonds. The van der Waals surface area contributed by atoms with Crippen molar-refractivity contribution in [3.8, 4) is 6.07 Å². The third-order valence-electron chi connectivity index (χ3n) is 2.61. The van der Waals surface area contributed by atoms with Gasteiger partial charge in [0.25, 0.3) is 0 Å². The second kappa shape index (κ2) is 7.60. The first-order chi connectivity index (χ1) is 11.7. The fourth-order valence-corrected chi connectivity index (χ4v) is 2.51. The van der Waals surface area contributed by atoms with Gasteiger partial charge >= 0.3 is 11.7 Å². The quantitative estimate of drug-likeness (QED) is 0.389. The molecule has 1 atom stereocenters. The molecule has 1 aromatic rings. The van der Waals surface area contributed by atoms with Crippen LogP contribution in [0.2, 0.25) is 5.02 Å². The SMILES string of the molecule is N#CC(=N)/C(=C(/N)Nc1c(F)cc(C(F)(F)F)cc1Cl)[S+]([O-])C(F)(F)F. The van der Waals surface area contributed by atoms with E-state index in [1.807, 2.05) is 0 Å². The molecule has 0 spiro atoms. The lowest BCUT2D eigenvalue weighted by molar-refractivity contribution is -0.137. The second-order valence-electron chi connectivity index (χ2n) is 4.38. The van der Waals surface area contributed by atoms with Gasteiger partial charge in [0.15, 0.2) is 11.5 Å². The van der Waals surface area contributed by atoms with Crippen LogP contribution in [0.4, 0.5) is 36.4 Å². The van der Waals surface area contributed by atoms with Gasteiger partial charge in [0.05, 0.1) is 16.3 Å². The first-order valence-corrected chi connectivity index (χ1v) is 7.53. The topological polar surface area (TPSA) is 109 Å². The minimum Gasteiger partial charge on any atom is -0.604 e. The molecule has 0 heterocycles. The molecule has 0 aromatic heterocycles. The Bertz CT molecular complexity index is 777. The zero-order valence-corrected chi connectivity index (χ0v) is 13.6. The molecule has 0 aliphatic rings. The summed E-state index contributed by atoms with van der Waals surface area (Å²) in [6, 6.07) is 1.25. The lowest BCUT2D eigenvalue weighted by atomic mass is 10.2. The Kier molecular flexibility index (Phi) is 6.40. The van der Waals surface area contributed by atoms with Crippen molar-refractivity contribution in [1.29, 1.82) is 10.7 Å². The van der Waals surface area contributed by atoms with Gasteiger partial charge in [-0.1, -0.05) is 11.6 Å². The Labute approximate surface area is 148 Å². The average molecular weight is 423 g/mol. The van der Waals surface area contributed by atoms with E-state index in [1.54, 1.807) is 5.32 Å². The highest BCUT2D eigenvalue weighted by Crippen LogP contribution is 2.37. The molecule has 1 aromatic carbocycles. The largest absolute Gasteiger partial charge is 0.604 e. The normalized spacial score (nSPS) is 14.3. The van der Waals surface area contributed by atoms with Gasteiger partial charge < -0.3 is 15.6 Å². The standard InChI is InChI=1S/C12H6ClF7N4OS/c13-5-1-4(11(15,16)17)2-6(14)8(5)24-10(23)9(7(22)3-21)26(25)12(18,19)20/h1-2,22,24H,23H2/b10-9+,22-7?. The molecule has 0 saturated heterocycles. The van der Waals surface area contributed by atoms with Crippen LogP contribution in [0.3, 0.4) is 0 Å². The molecule has 26 heavy (non-hydrogen) atoms. The third kappa shape index (κ3) is 4.93. The van der Waals surface area contributed by atoms with E-state index in [2.05, 4.69) is 0 Å². The number of nitrogens with zero attached hydrogens (tertiary/aromatic N) is 1. The molecular formula is C12H6ClF7N4OS. The van der Waals surface area contributed by atoms with E-state index < -0.39 is 61.4 Å². The van der Waals surface area contributed by atoms with Crippen LogP contribution in [0, 0.1) is 22.6 Å². The number of hydrogen-bond donors (Lipinski definition) is 3. The fourth-order valence-electron chi connectivity index (χ4n) is 1.54. The van der Waals surface area contributed by atoms with E-state index in [4.69, 9.17) is 28.0 Å². The highest BCUT2D eigenvalue weighted by Gasteiger charge is 2.50. The average Bonchev–Trinajstić information content (AvgIpc) is 2.48. The number of anilines is 1. The molecule has 1 unspecified atom stereocenters. The predicted molar refractivity (Wildman–Crippen MR) is 78.8 cm³/mol. The number of benzene rings is 1. The van der Waals surface area contributed by atoms with Crippen LogP contribution in [0.5, 0.6) is 0 Å². The van der Waals surface area contributed by atoms with Crippen molar-refractivity contribution in [3.05, 3.63) is 39.3 Å². The molecule has 0 saturated carbocycles. The summed E-state index contributed by atoms with van der Waals surface area (Å²) >= 11 is 1.53. The van der Waals surface area contributed by atoms with Crippen LogP contribution < -0.4 is 11.1 Å². The highest BCUT2D eigenvalue weighted by atomic mass is 35.5. The summed E-state index contributed by atoms with van der Waals surface area (Å²) in [5.74, 6) is -2.87. The first kappa shape index (κ1) is 21.9. The van der Waals surface area contributed by atoms with Gasteiger partial charge in [0.2, 0.25) is 4.91 Å². The summed E-state index contributed by atoms with van der Waals surface area (Å²) in [6.45, 7) is 0. The van der Waals surface area contributed by atoms with Gasteiger partial charge in [-0.3, -0.25) is 5.41 Å². The Hall–Kier alpha value is -2.17. The number of allylic oxidation sites excluding steroid dienone is 1. The summed E-state index contributed by atoms with van der Waals surface area (Å²) in [5, 5.41) is 16.5. The minimum atomic E-state index is -5.41. The van der Waals surface area contributed by atoms with Crippen molar-refractivity contribution in [2.45, 2.75) is 11.7 Å². The molecule has 0 aliphatic heterocycles. The molecule has 5 nitrogen and oxygen atoms in total. The lowest BCUT2D eigenvalue weighted by Gasteiger charge is -2.17. The van der Waals surface area contributed by atoms with E-state index in [1.165, 1.54) is 0 Å². The summed E-state index contributed by atoms with van der Waals surface area (Å²) in [6.07, 6.45) is -4.95. The summed E-state index contributed by atoms with van der Waals surface area (Å²) in [7, 11) is 0. The van der Waals surface area contributed by atoms with E-state index in [9.17, 15) is 35.3 Å². The molecular weight excluding hydrogens is 417 g/mol. The Morgan fingerprint density at radius 3 is 2.19 bits per heavy atom. The van der Waals surface area contributed by atoms with Gasteiger partial charge in [-0.15, -0.1) is 13.2 Å². The summed E-state index contributed by atoms with van der Waals surface area (Å²) in [5.41, 5.74) is -4.07. The van der Waals surface area contributed by atoms with Crippen molar-refractivity contribution in [2.75, 3.05) is 5.32 Å². The van der Waals surface area contributed by atoms with E-state index >= 15 is 0 Å². The van der Waals surface area contributed by atoms with Crippen molar-refractivity contribution in [2.24, 2.45) is 5.73 Å². The number of nitrogens with two attached hydrogens (primary N) is 1. The smallest absolute Gasteiger partial charge is 0.578 e.